The summed E-state index contributed by atoms with van der Waals surface area (Å²) in [5.41, 5.74) is 2.97. The largest absolute Gasteiger partial charge is 0.508 e. The third-order valence-electron chi connectivity index (χ3n) is 5.36. The van der Waals surface area contributed by atoms with Crippen molar-refractivity contribution in [2.24, 2.45) is 0 Å². The Morgan fingerprint density at radius 3 is 2.50 bits per heavy atom. The van der Waals surface area contributed by atoms with Gasteiger partial charge in [0.25, 0.3) is 0 Å². The first-order chi connectivity index (χ1) is 15.6. The minimum absolute atomic E-state index is 0.180. The van der Waals surface area contributed by atoms with Crippen LogP contribution in [0.1, 0.15) is 29.1 Å². The Morgan fingerprint density at radius 2 is 1.78 bits per heavy atom. The highest BCUT2D eigenvalue weighted by molar-refractivity contribution is 7.99. The lowest BCUT2D eigenvalue weighted by atomic mass is 10.0. The summed E-state index contributed by atoms with van der Waals surface area (Å²) in [5, 5.41) is 14.5. The lowest BCUT2D eigenvalue weighted by molar-refractivity contribution is 0.383. The average molecular weight is 460 g/mol. The predicted molar refractivity (Wildman–Crippen MR) is 130 cm³/mol. The first-order valence-electron chi connectivity index (χ1n) is 10.2. The molecule has 1 aliphatic rings. The van der Waals surface area contributed by atoms with Gasteiger partial charge in [-0.05, 0) is 79.8 Å². The molecule has 0 bridgehead atoms. The van der Waals surface area contributed by atoms with E-state index in [0.29, 0.717) is 5.11 Å². The molecule has 0 unspecified atom stereocenters. The number of phenols is 1. The summed E-state index contributed by atoms with van der Waals surface area (Å²) in [5.74, 6) is 0.995. The Balaban J connectivity index is 1.52. The van der Waals surface area contributed by atoms with Crippen LogP contribution in [0.4, 0.5) is 5.69 Å². The Kier molecular flexibility index (Phi) is 5.59. The zero-order valence-corrected chi connectivity index (χ0v) is 18.9. The fourth-order valence-electron chi connectivity index (χ4n) is 3.81. The summed E-state index contributed by atoms with van der Waals surface area (Å²) in [6.07, 6.45) is 1.78. The minimum atomic E-state index is -0.227. The second kappa shape index (κ2) is 8.68. The number of aromatic hydroxyl groups is 1. The van der Waals surface area contributed by atoms with Gasteiger partial charge in [-0.15, -0.1) is 0 Å². The molecule has 1 fully saturated rings. The summed E-state index contributed by atoms with van der Waals surface area (Å²) < 4.78 is 6.32. The summed E-state index contributed by atoms with van der Waals surface area (Å²) >= 11 is 7.30. The molecule has 0 saturated carbocycles. The van der Waals surface area contributed by atoms with E-state index in [2.05, 4.69) is 41.5 Å². The summed E-state index contributed by atoms with van der Waals surface area (Å²) in [6.45, 7) is 2.07. The molecule has 2 N–H and O–H groups in total. The van der Waals surface area contributed by atoms with Crippen LogP contribution in [0.3, 0.4) is 0 Å². The van der Waals surface area contributed by atoms with Crippen molar-refractivity contribution in [2.75, 3.05) is 4.90 Å². The zero-order valence-electron chi connectivity index (χ0n) is 17.3. The van der Waals surface area contributed by atoms with Crippen LogP contribution in [0.5, 0.6) is 5.75 Å². The fraction of sp³-hybridized carbons (Fsp3) is 0.120. The van der Waals surface area contributed by atoms with E-state index in [1.165, 1.54) is 5.56 Å². The van der Waals surface area contributed by atoms with Gasteiger partial charge in [-0.1, -0.05) is 35.5 Å². The van der Waals surface area contributed by atoms with Crippen LogP contribution in [0.2, 0.25) is 0 Å². The molecule has 5 rings (SSSR count). The zero-order chi connectivity index (χ0) is 22.1. The highest BCUT2D eigenvalue weighted by atomic mass is 32.2. The molecule has 7 heteroatoms. The van der Waals surface area contributed by atoms with Gasteiger partial charge in [-0.25, -0.2) is 0 Å². The van der Waals surface area contributed by atoms with E-state index in [0.717, 1.165) is 27.1 Å². The molecule has 1 aliphatic heterocycles. The molecule has 0 radical (unpaired) electrons. The van der Waals surface area contributed by atoms with E-state index in [1.807, 2.05) is 47.4 Å². The highest BCUT2D eigenvalue weighted by Crippen LogP contribution is 2.43. The fourth-order valence-corrected chi connectivity index (χ4v) is 4.93. The number of rotatable bonds is 5. The van der Waals surface area contributed by atoms with Crippen LogP contribution in [0.25, 0.3) is 0 Å². The van der Waals surface area contributed by atoms with Gasteiger partial charge < -0.3 is 19.7 Å². The number of aryl methyl sites for hydroxylation is 1. The number of benzene rings is 2. The molecule has 0 aliphatic carbocycles. The summed E-state index contributed by atoms with van der Waals surface area (Å²) in [7, 11) is 0. The maximum Gasteiger partial charge on any atom is 0.174 e. The van der Waals surface area contributed by atoms with E-state index in [9.17, 15) is 5.11 Å². The Hall–Kier alpha value is -3.29. The number of nitrogens with one attached hydrogen (secondary N) is 1. The smallest absolute Gasteiger partial charge is 0.174 e. The van der Waals surface area contributed by atoms with Crippen molar-refractivity contribution in [3.63, 3.8) is 0 Å². The third kappa shape index (κ3) is 4.09. The SMILES string of the molecule is Cc1ccc(Sc2ccc([C@H]3[C@@H](c4ccccn4)NC(=S)N3c3ccc(O)cc3)o2)cc1. The lowest BCUT2D eigenvalue weighted by Crippen LogP contribution is -2.29. The Morgan fingerprint density at radius 1 is 1.00 bits per heavy atom. The molecule has 32 heavy (non-hydrogen) atoms. The predicted octanol–water partition coefficient (Wildman–Crippen LogP) is 6.02. The van der Waals surface area contributed by atoms with Gasteiger partial charge >= 0.3 is 0 Å². The molecule has 2 aromatic heterocycles. The number of anilines is 1. The molecule has 4 aromatic rings. The molecule has 0 amide bonds. The van der Waals surface area contributed by atoms with Crippen molar-refractivity contribution in [3.05, 3.63) is 102 Å². The minimum Gasteiger partial charge on any atom is -0.508 e. The van der Waals surface area contributed by atoms with E-state index in [1.54, 1.807) is 30.1 Å². The maximum absolute atomic E-state index is 9.74. The molecular formula is C25H21N3O2S2. The van der Waals surface area contributed by atoms with Gasteiger partial charge in [-0.2, -0.15) is 0 Å². The number of aromatic nitrogens is 1. The first-order valence-corrected chi connectivity index (χ1v) is 11.4. The van der Waals surface area contributed by atoms with Gasteiger partial charge in [0.1, 0.15) is 17.6 Å². The number of nitrogens with zero attached hydrogens (tertiary/aromatic N) is 2. The highest BCUT2D eigenvalue weighted by Gasteiger charge is 2.42. The van der Waals surface area contributed by atoms with Crippen molar-refractivity contribution in [3.8, 4) is 5.75 Å². The topological polar surface area (TPSA) is 61.5 Å². The van der Waals surface area contributed by atoms with Gasteiger partial charge in [0, 0.05) is 16.8 Å². The number of thiocarbonyl (C=S) groups is 1. The quantitative estimate of drug-likeness (QED) is 0.354. The number of hydrogen-bond acceptors (Lipinski definition) is 5. The van der Waals surface area contributed by atoms with Crippen LogP contribution < -0.4 is 10.2 Å². The number of furan rings is 1. The van der Waals surface area contributed by atoms with Gasteiger partial charge in [0.2, 0.25) is 0 Å². The molecule has 2 atom stereocenters. The van der Waals surface area contributed by atoms with Crippen LogP contribution in [-0.4, -0.2) is 15.2 Å². The van der Waals surface area contributed by atoms with E-state index in [4.69, 9.17) is 16.6 Å². The van der Waals surface area contributed by atoms with Gasteiger partial charge in [0.05, 0.1) is 11.7 Å². The van der Waals surface area contributed by atoms with Crippen LogP contribution in [0, 0.1) is 6.92 Å². The molecule has 1 saturated heterocycles. The second-order valence-corrected chi connectivity index (χ2v) is 9.05. The van der Waals surface area contributed by atoms with Crippen molar-refractivity contribution in [1.82, 2.24) is 10.3 Å². The Bertz CT molecular complexity index is 1220. The molecule has 160 valence electrons. The molecule has 3 heterocycles. The van der Waals surface area contributed by atoms with Crippen LogP contribution in [-0.2, 0) is 0 Å². The van der Waals surface area contributed by atoms with Crippen molar-refractivity contribution in [2.45, 2.75) is 29.0 Å². The van der Waals surface area contributed by atoms with Gasteiger partial charge in [0.15, 0.2) is 10.2 Å². The summed E-state index contributed by atoms with van der Waals surface area (Å²) in [6, 6.07) is 24.8. The van der Waals surface area contributed by atoms with Crippen molar-refractivity contribution >= 4 is 34.8 Å². The standard InChI is InChI=1S/C25H21N3O2S2/c1-16-5-11-19(12-6-16)32-22-14-13-21(30-22)24-23(20-4-2-3-15-26-20)27-25(31)28(24)17-7-9-18(29)10-8-17/h2-15,23-24,29H,1H3,(H,27,31)/t23-,24+/m1/s1. The molecule has 2 aromatic carbocycles. The lowest BCUT2D eigenvalue weighted by Gasteiger charge is -2.26. The van der Waals surface area contributed by atoms with Crippen molar-refractivity contribution < 1.29 is 9.52 Å². The summed E-state index contributed by atoms with van der Waals surface area (Å²) in [4.78, 5) is 7.70. The molecule has 5 nitrogen and oxygen atoms in total. The van der Waals surface area contributed by atoms with Crippen molar-refractivity contribution in [1.29, 1.82) is 0 Å². The maximum atomic E-state index is 9.74. The number of hydrogen-bond donors (Lipinski definition) is 2. The van der Waals surface area contributed by atoms with E-state index >= 15 is 0 Å². The second-order valence-electron chi connectivity index (χ2n) is 7.58. The normalized spacial score (nSPS) is 18.0. The third-order valence-corrected chi connectivity index (χ3v) is 6.60. The first kappa shape index (κ1) is 20.6. The average Bonchev–Trinajstić information content (AvgIpc) is 3.40. The van der Waals surface area contributed by atoms with E-state index in [-0.39, 0.29) is 17.8 Å². The molecular weight excluding hydrogens is 438 g/mol. The van der Waals surface area contributed by atoms with Gasteiger partial charge in [-0.3, -0.25) is 4.98 Å². The Labute approximate surface area is 196 Å². The number of phenolic OH excluding ortho intramolecular Hbond substituents is 1. The monoisotopic (exact) mass is 459 g/mol. The molecule has 0 spiro atoms. The van der Waals surface area contributed by atoms with E-state index < -0.39 is 0 Å². The van der Waals surface area contributed by atoms with Crippen LogP contribution >= 0.6 is 24.0 Å². The number of pyridine rings is 1. The van der Waals surface area contributed by atoms with Crippen LogP contribution in [0.15, 0.2) is 99.5 Å².